The topological polar surface area (TPSA) is 82.5 Å². The third-order valence-corrected chi connectivity index (χ3v) is 3.49. The van der Waals surface area contributed by atoms with Crippen LogP contribution in [0.3, 0.4) is 0 Å². The van der Waals surface area contributed by atoms with Crippen LogP contribution in [0.2, 0.25) is 0 Å². The molecule has 0 unspecified atom stereocenters. The van der Waals surface area contributed by atoms with E-state index in [4.69, 9.17) is 5.11 Å². The van der Waals surface area contributed by atoms with E-state index >= 15 is 0 Å². The summed E-state index contributed by atoms with van der Waals surface area (Å²) in [5, 5.41) is 21.8. The summed E-state index contributed by atoms with van der Waals surface area (Å²) in [4.78, 5) is 14.6. The van der Waals surface area contributed by atoms with Gasteiger partial charge >= 0.3 is 5.97 Å². The van der Waals surface area contributed by atoms with Gasteiger partial charge in [0, 0.05) is 12.7 Å². The van der Waals surface area contributed by atoms with Gasteiger partial charge in [-0.15, -0.1) is 0 Å². The molecule has 3 N–H and O–H groups in total. The smallest absolute Gasteiger partial charge is 0.338 e. The molecule has 1 heterocycles. The van der Waals surface area contributed by atoms with E-state index in [-0.39, 0.29) is 12.4 Å². The highest BCUT2D eigenvalue weighted by Crippen LogP contribution is 2.28. The molecule has 2 rings (SSSR count). The van der Waals surface area contributed by atoms with Gasteiger partial charge in [-0.25, -0.2) is 14.2 Å². The molecule has 0 atom stereocenters. The lowest BCUT2D eigenvalue weighted by Crippen LogP contribution is -2.39. The first-order chi connectivity index (χ1) is 9.02. The molecule has 0 saturated heterocycles. The van der Waals surface area contributed by atoms with Crippen molar-refractivity contribution in [2.24, 2.45) is 0 Å². The van der Waals surface area contributed by atoms with Gasteiger partial charge in [0.1, 0.15) is 5.56 Å². The Morgan fingerprint density at radius 2 is 2.11 bits per heavy atom. The van der Waals surface area contributed by atoms with Crippen molar-refractivity contribution in [3.8, 4) is 0 Å². The predicted molar refractivity (Wildman–Crippen MR) is 67.7 cm³/mol. The Morgan fingerprint density at radius 1 is 1.42 bits per heavy atom. The molecule has 0 aromatic carbocycles. The molecule has 0 spiro atoms. The first-order valence-corrected chi connectivity index (χ1v) is 6.36. The number of carbonyl (C=O) groups is 1. The van der Waals surface area contributed by atoms with E-state index in [1.807, 2.05) is 0 Å². The van der Waals surface area contributed by atoms with Crippen LogP contribution < -0.4 is 5.32 Å². The Morgan fingerprint density at radius 3 is 2.74 bits per heavy atom. The van der Waals surface area contributed by atoms with Crippen LogP contribution in [0.15, 0.2) is 12.3 Å². The Kier molecular flexibility index (Phi) is 3.99. The van der Waals surface area contributed by atoms with Crippen molar-refractivity contribution in [3.05, 3.63) is 23.6 Å². The van der Waals surface area contributed by atoms with Crippen molar-refractivity contribution < 1.29 is 19.4 Å². The molecule has 1 aromatic rings. The number of aromatic nitrogens is 1. The molecule has 1 aliphatic rings. The van der Waals surface area contributed by atoms with Crippen molar-refractivity contribution in [2.75, 3.05) is 11.9 Å². The third-order valence-electron chi connectivity index (χ3n) is 3.49. The Labute approximate surface area is 110 Å². The standard InChI is InChI=1S/C13H17FN2O3/c14-10-9(12(17)18)4-7-15-11(10)16-8-13(19)5-2-1-3-6-13/h4,7,19H,1-3,5-6,8H2,(H,15,16)(H,17,18). The predicted octanol–water partition coefficient (Wildman–Crippen LogP) is 2.03. The fraction of sp³-hybridized carbons (Fsp3) is 0.538. The molecule has 5 nitrogen and oxygen atoms in total. The maximum absolute atomic E-state index is 13.8. The lowest BCUT2D eigenvalue weighted by Gasteiger charge is -2.32. The van der Waals surface area contributed by atoms with Crippen molar-refractivity contribution in [3.63, 3.8) is 0 Å². The fourth-order valence-electron chi connectivity index (χ4n) is 2.37. The first kappa shape index (κ1) is 13.7. The molecule has 0 radical (unpaired) electrons. The maximum Gasteiger partial charge on any atom is 0.338 e. The largest absolute Gasteiger partial charge is 0.478 e. The molecule has 1 aliphatic carbocycles. The highest BCUT2D eigenvalue weighted by Gasteiger charge is 2.29. The molecule has 104 valence electrons. The zero-order chi connectivity index (χ0) is 13.9. The number of anilines is 1. The van der Waals surface area contributed by atoms with Crippen LogP contribution in [0.1, 0.15) is 42.5 Å². The van der Waals surface area contributed by atoms with E-state index < -0.39 is 23.0 Å². The molecule has 0 bridgehead atoms. The Balaban J connectivity index is 2.07. The van der Waals surface area contributed by atoms with Gasteiger partial charge < -0.3 is 15.5 Å². The van der Waals surface area contributed by atoms with Crippen molar-refractivity contribution in [1.82, 2.24) is 4.98 Å². The third kappa shape index (κ3) is 3.20. The minimum absolute atomic E-state index is 0.126. The second-order valence-corrected chi connectivity index (χ2v) is 4.96. The minimum Gasteiger partial charge on any atom is -0.478 e. The van der Waals surface area contributed by atoms with Crippen LogP contribution >= 0.6 is 0 Å². The number of rotatable bonds is 4. The van der Waals surface area contributed by atoms with Crippen LogP contribution in [0.25, 0.3) is 0 Å². The zero-order valence-electron chi connectivity index (χ0n) is 10.5. The number of aliphatic hydroxyl groups is 1. The van der Waals surface area contributed by atoms with Crippen LogP contribution in [-0.2, 0) is 0 Å². The van der Waals surface area contributed by atoms with Crippen molar-refractivity contribution in [1.29, 1.82) is 0 Å². The summed E-state index contributed by atoms with van der Waals surface area (Å²) in [6.07, 6.45) is 5.57. The van der Waals surface area contributed by atoms with Gasteiger partial charge in [-0.1, -0.05) is 19.3 Å². The molecule has 19 heavy (non-hydrogen) atoms. The van der Waals surface area contributed by atoms with Crippen molar-refractivity contribution >= 4 is 11.8 Å². The maximum atomic E-state index is 13.8. The average molecular weight is 268 g/mol. The number of hydrogen-bond donors (Lipinski definition) is 3. The van der Waals surface area contributed by atoms with E-state index in [0.717, 1.165) is 25.3 Å². The van der Waals surface area contributed by atoms with Gasteiger partial charge in [-0.2, -0.15) is 0 Å². The van der Waals surface area contributed by atoms with Gasteiger partial charge in [0.2, 0.25) is 0 Å². The second kappa shape index (κ2) is 5.52. The van der Waals surface area contributed by atoms with Crippen LogP contribution in [0.4, 0.5) is 10.2 Å². The quantitative estimate of drug-likeness (QED) is 0.778. The summed E-state index contributed by atoms with van der Waals surface area (Å²) >= 11 is 0. The summed E-state index contributed by atoms with van der Waals surface area (Å²) in [6.45, 7) is 0.181. The summed E-state index contributed by atoms with van der Waals surface area (Å²) in [5.41, 5.74) is -1.28. The summed E-state index contributed by atoms with van der Waals surface area (Å²) in [5.74, 6) is -2.35. The van der Waals surface area contributed by atoms with Gasteiger partial charge in [0.15, 0.2) is 11.6 Å². The minimum atomic E-state index is -1.33. The highest BCUT2D eigenvalue weighted by molar-refractivity contribution is 5.88. The number of nitrogens with one attached hydrogen (secondary N) is 1. The number of hydrogen-bond acceptors (Lipinski definition) is 4. The Hall–Kier alpha value is -1.69. The summed E-state index contributed by atoms with van der Waals surface area (Å²) in [7, 11) is 0. The molecular formula is C13H17FN2O3. The first-order valence-electron chi connectivity index (χ1n) is 6.36. The van der Waals surface area contributed by atoms with E-state index in [2.05, 4.69) is 10.3 Å². The monoisotopic (exact) mass is 268 g/mol. The number of aromatic carboxylic acids is 1. The summed E-state index contributed by atoms with van der Waals surface area (Å²) in [6, 6.07) is 1.11. The van der Waals surface area contributed by atoms with Crippen LogP contribution in [0.5, 0.6) is 0 Å². The summed E-state index contributed by atoms with van der Waals surface area (Å²) < 4.78 is 13.8. The SMILES string of the molecule is O=C(O)c1ccnc(NCC2(O)CCCCC2)c1F. The lowest BCUT2D eigenvalue weighted by molar-refractivity contribution is 0.0166. The van der Waals surface area contributed by atoms with E-state index in [1.54, 1.807) is 0 Å². The van der Waals surface area contributed by atoms with Crippen LogP contribution in [0, 0.1) is 5.82 Å². The number of carboxylic acids is 1. The van der Waals surface area contributed by atoms with Gasteiger partial charge in [-0.3, -0.25) is 0 Å². The highest BCUT2D eigenvalue weighted by atomic mass is 19.1. The average Bonchev–Trinajstić information content (AvgIpc) is 2.38. The second-order valence-electron chi connectivity index (χ2n) is 4.96. The van der Waals surface area contributed by atoms with Gasteiger partial charge in [0.05, 0.1) is 5.60 Å². The molecule has 1 saturated carbocycles. The van der Waals surface area contributed by atoms with E-state index in [9.17, 15) is 14.3 Å². The lowest BCUT2D eigenvalue weighted by atomic mass is 9.85. The molecule has 0 amide bonds. The van der Waals surface area contributed by atoms with Crippen LogP contribution in [-0.4, -0.2) is 33.3 Å². The molecule has 6 heteroatoms. The van der Waals surface area contributed by atoms with E-state index in [0.29, 0.717) is 12.8 Å². The zero-order valence-corrected chi connectivity index (χ0v) is 10.5. The normalized spacial score (nSPS) is 18.0. The number of carboxylic acid groups (broad SMARTS) is 1. The fourth-order valence-corrected chi connectivity index (χ4v) is 2.37. The van der Waals surface area contributed by atoms with Crippen molar-refractivity contribution in [2.45, 2.75) is 37.7 Å². The van der Waals surface area contributed by atoms with Gasteiger partial charge in [0.25, 0.3) is 0 Å². The number of nitrogens with zero attached hydrogens (tertiary/aromatic N) is 1. The Bertz CT molecular complexity index is 473. The molecule has 1 fully saturated rings. The molecular weight excluding hydrogens is 251 g/mol. The van der Waals surface area contributed by atoms with E-state index in [1.165, 1.54) is 6.20 Å². The van der Waals surface area contributed by atoms with Gasteiger partial charge in [-0.05, 0) is 18.9 Å². The molecule has 0 aliphatic heterocycles. The number of pyridine rings is 1. The number of halogens is 1. The molecule has 1 aromatic heterocycles.